The van der Waals surface area contributed by atoms with Crippen LogP contribution < -0.4 is 10.6 Å². The van der Waals surface area contributed by atoms with Crippen LogP contribution in [0.15, 0.2) is 49.1 Å². The summed E-state index contributed by atoms with van der Waals surface area (Å²) < 4.78 is 9.65. The summed E-state index contributed by atoms with van der Waals surface area (Å²) in [5, 5.41) is 5.88. The van der Waals surface area contributed by atoms with Crippen LogP contribution in [0.1, 0.15) is 54.1 Å². The maximum Gasteiger partial charge on any atom is 0.407 e. The number of fused-ring (bicyclic) bond motifs is 2. The topological polar surface area (TPSA) is 103 Å². The molecule has 0 aliphatic carbocycles. The number of amides is 2. The molecule has 5 rings (SSSR count). The lowest BCUT2D eigenvalue weighted by Gasteiger charge is -2.12. The third kappa shape index (κ3) is 5.13. The van der Waals surface area contributed by atoms with E-state index in [1.165, 1.54) is 0 Å². The highest BCUT2D eigenvalue weighted by Gasteiger charge is 2.27. The molecular weight excluding hydrogens is 432 g/mol. The third-order valence-corrected chi connectivity index (χ3v) is 6.59. The van der Waals surface area contributed by atoms with E-state index in [0.717, 1.165) is 55.1 Å². The van der Waals surface area contributed by atoms with E-state index in [-0.39, 0.29) is 17.9 Å². The number of carbonyl (C=O) groups is 2. The van der Waals surface area contributed by atoms with Gasteiger partial charge in [0.05, 0.1) is 0 Å². The molecule has 178 valence electrons. The predicted molar refractivity (Wildman–Crippen MR) is 125 cm³/mol. The molecule has 0 saturated carbocycles. The van der Waals surface area contributed by atoms with Crippen LogP contribution in [-0.4, -0.2) is 44.2 Å². The number of nitrogens with one attached hydrogen (secondary N) is 2. The summed E-state index contributed by atoms with van der Waals surface area (Å²) in [6, 6.07) is 8.25. The Morgan fingerprint density at radius 3 is 2.41 bits per heavy atom. The average molecular weight is 463 g/mol. The van der Waals surface area contributed by atoms with E-state index in [0.29, 0.717) is 25.9 Å². The summed E-state index contributed by atoms with van der Waals surface area (Å²) in [4.78, 5) is 33.2. The number of alkyl carbamates (subject to hydrolysis) is 1. The molecule has 0 radical (unpaired) electrons. The lowest BCUT2D eigenvalue weighted by molar-refractivity contribution is -0.121. The molecule has 3 aromatic rings. The van der Waals surface area contributed by atoms with Crippen molar-refractivity contribution in [2.75, 3.05) is 13.1 Å². The van der Waals surface area contributed by atoms with Gasteiger partial charge in [-0.25, -0.2) is 14.8 Å². The number of rotatable bonds is 9. The number of hydrogen-bond donors (Lipinski definition) is 2. The van der Waals surface area contributed by atoms with E-state index in [1.807, 2.05) is 29.1 Å². The molecule has 2 aromatic heterocycles. The van der Waals surface area contributed by atoms with Crippen molar-refractivity contribution in [3.8, 4) is 0 Å². The van der Waals surface area contributed by atoms with Gasteiger partial charge in [0.15, 0.2) is 6.10 Å². The van der Waals surface area contributed by atoms with Crippen molar-refractivity contribution in [3.05, 3.63) is 71.8 Å². The molecule has 0 unspecified atom stereocenters. The summed E-state index contributed by atoms with van der Waals surface area (Å²) in [5.41, 5.74) is 2.30. The molecule has 9 nitrogen and oxygen atoms in total. The van der Waals surface area contributed by atoms with E-state index < -0.39 is 6.09 Å². The molecule has 0 bridgehead atoms. The monoisotopic (exact) mass is 462 g/mol. The van der Waals surface area contributed by atoms with E-state index in [4.69, 9.17) is 4.74 Å². The fourth-order valence-electron chi connectivity index (χ4n) is 4.84. The molecular formula is C25H30N6O3. The highest BCUT2D eigenvalue weighted by atomic mass is 16.6. The summed E-state index contributed by atoms with van der Waals surface area (Å²) in [6.45, 7) is 2.87. The number of aryl methyl sites for hydroxylation is 2. The van der Waals surface area contributed by atoms with Crippen LogP contribution in [0, 0.1) is 0 Å². The molecule has 2 amide bonds. The average Bonchev–Trinajstić information content (AvgIpc) is 3.59. The highest BCUT2D eigenvalue weighted by Crippen LogP contribution is 2.29. The number of carbonyl (C=O) groups excluding carboxylic acids is 2. The van der Waals surface area contributed by atoms with Gasteiger partial charge in [0.1, 0.15) is 11.6 Å². The SMILES string of the molecule is O=C(C[C@@H]1CCn2ccnc21)NCCc1cccc(CCNC(=O)O[C@@H]2CCn3ccnc32)c1. The van der Waals surface area contributed by atoms with Gasteiger partial charge in [-0.3, -0.25) is 4.79 Å². The summed E-state index contributed by atoms with van der Waals surface area (Å²) in [6.07, 6.45) is 10.4. The number of imidazole rings is 2. The molecule has 9 heteroatoms. The van der Waals surface area contributed by atoms with Crippen LogP contribution >= 0.6 is 0 Å². The number of nitrogens with zero attached hydrogens (tertiary/aromatic N) is 4. The number of ether oxygens (including phenoxy) is 1. The standard InChI is InChI=1S/C25H30N6O3/c32-22(17-20-6-12-30-14-10-27-23(20)30)26-8-4-18-2-1-3-19(16-18)5-9-29-25(33)34-21-7-13-31-15-11-28-24(21)31/h1-3,10-11,14-16,20-21H,4-9,12-13,17H2,(H,26,32)(H,29,33)/t20-,21+/m0/s1. The first-order chi connectivity index (χ1) is 16.7. The lowest BCUT2D eigenvalue weighted by atomic mass is 10.0. The van der Waals surface area contributed by atoms with Crippen molar-refractivity contribution in [2.45, 2.75) is 57.2 Å². The Labute approximate surface area is 198 Å². The Bertz CT molecular complexity index is 1070. The quantitative estimate of drug-likeness (QED) is 0.509. The zero-order valence-corrected chi connectivity index (χ0v) is 19.2. The first-order valence-electron chi connectivity index (χ1n) is 12.0. The van der Waals surface area contributed by atoms with Crippen LogP contribution in [0.2, 0.25) is 0 Å². The van der Waals surface area contributed by atoms with E-state index in [2.05, 4.69) is 37.3 Å². The molecule has 0 fully saturated rings. The Balaban J connectivity index is 1.01. The van der Waals surface area contributed by atoms with Gasteiger partial charge < -0.3 is 24.5 Å². The maximum atomic E-state index is 12.4. The minimum atomic E-state index is -0.412. The predicted octanol–water partition coefficient (Wildman–Crippen LogP) is 2.73. The largest absolute Gasteiger partial charge is 0.438 e. The van der Waals surface area contributed by atoms with Crippen molar-refractivity contribution >= 4 is 12.0 Å². The number of hydrogen-bond acceptors (Lipinski definition) is 5. The second kappa shape index (κ2) is 10.1. The van der Waals surface area contributed by atoms with Gasteiger partial charge in [-0.05, 0) is 30.4 Å². The minimum absolute atomic E-state index is 0.0741. The zero-order valence-electron chi connectivity index (χ0n) is 19.2. The fourth-order valence-corrected chi connectivity index (χ4v) is 4.84. The van der Waals surface area contributed by atoms with Gasteiger partial charge in [-0.1, -0.05) is 24.3 Å². The molecule has 0 spiro atoms. The number of aromatic nitrogens is 4. The van der Waals surface area contributed by atoms with Gasteiger partial charge in [-0.2, -0.15) is 0 Å². The molecule has 0 saturated heterocycles. The fraction of sp³-hybridized carbons (Fsp3) is 0.440. The molecule has 2 N–H and O–H groups in total. The van der Waals surface area contributed by atoms with Crippen LogP contribution in [0.5, 0.6) is 0 Å². The maximum absolute atomic E-state index is 12.4. The van der Waals surface area contributed by atoms with Gasteiger partial charge in [-0.15, -0.1) is 0 Å². The normalized spacial score (nSPS) is 18.4. The zero-order chi connectivity index (χ0) is 23.3. The first-order valence-corrected chi connectivity index (χ1v) is 12.0. The molecule has 2 atom stereocenters. The Morgan fingerprint density at radius 1 is 0.941 bits per heavy atom. The number of benzene rings is 1. The molecule has 2 aliphatic rings. The second-order valence-corrected chi connectivity index (χ2v) is 8.93. The third-order valence-electron chi connectivity index (χ3n) is 6.59. The molecule has 2 aliphatic heterocycles. The molecule has 34 heavy (non-hydrogen) atoms. The van der Waals surface area contributed by atoms with Crippen molar-refractivity contribution in [3.63, 3.8) is 0 Å². The van der Waals surface area contributed by atoms with Crippen LogP contribution in [-0.2, 0) is 35.5 Å². The van der Waals surface area contributed by atoms with E-state index in [1.54, 1.807) is 12.4 Å². The summed E-state index contributed by atoms with van der Waals surface area (Å²) in [5.74, 6) is 2.12. The van der Waals surface area contributed by atoms with E-state index >= 15 is 0 Å². The van der Waals surface area contributed by atoms with Gasteiger partial charge >= 0.3 is 6.09 Å². The second-order valence-electron chi connectivity index (χ2n) is 8.93. The summed E-state index contributed by atoms with van der Waals surface area (Å²) in [7, 11) is 0. The Morgan fingerprint density at radius 2 is 1.62 bits per heavy atom. The van der Waals surface area contributed by atoms with Crippen LogP contribution in [0.25, 0.3) is 0 Å². The van der Waals surface area contributed by atoms with E-state index in [9.17, 15) is 9.59 Å². The van der Waals surface area contributed by atoms with Crippen LogP contribution in [0.4, 0.5) is 4.79 Å². The lowest BCUT2D eigenvalue weighted by Crippen LogP contribution is -2.28. The smallest absolute Gasteiger partial charge is 0.407 e. The van der Waals surface area contributed by atoms with Crippen molar-refractivity contribution in [1.29, 1.82) is 0 Å². The molecule has 1 aromatic carbocycles. The minimum Gasteiger partial charge on any atom is -0.438 e. The van der Waals surface area contributed by atoms with Crippen molar-refractivity contribution in [1.82, 2.24) is 29.7 Å². The highest BCUT2D eigenvalue weighted by molar-refractivity contribution is 5.76. The van der Waals surface area contributed by atoms with Gasteiger partial charge in [0.25, 0.3) is 0 Å². The summed E-state index contributed by atoms with van der Waals surface area (Å²) >= 11 is 0. The molecule has 4 heterocycles. The van der Waals surface area contributed by atoms with Crippen molar-refractivity contribution < 1.29 is 14.3 Å². The first kappa shape index (κ1) is 22.2. The van der Waals surface area contributed by atoms with Gasteiger partial charge in [0, 0.05) is 69.7 Å². The van der Waals surface area contributed by atoms with Crippen molar-refractivity contribution in [2.24, 2.45) is 0 Å². The van der Waals surface area contributed by atoms with Crippen LogP contribution in [0.3, 0.4) is 0 Å². The van der Waals surface area contributed by atoms with Gasteiger partial charge in [0.2, 0.25) is 5.91 Å². The Hall–Kier alpha value is -3.62. The Kier molecular flexibility index (Phi) is 6.60.